The first-order chi connectivity index (χ1) is 3.50. The van der Waals surface area contributed by atoms with Crippen LogP contribution >= 0.6 is 12.4 Å². The molecule has 0 fully saturated rings. The van der Waals surface area contributed by atoms with Crippen LogP contribution in [0.3, 0.4) is 0 Å². The van der Waals surface area contributed by atoms with Crippen LogP contribution in [-0.4, -0.2) is 12.2 Å². The number of halogens is 1. The molecule has 1 rings (SSSR count). The van der Waals surface area contributed by atoms with E-state index in [9.17, 15) is 0 Å². The summed E-state index contributed by atoms with van der Waals surface area (Å²) in [6.45, 7) is 0. The maximum atomic E-state index is 7.00. The molecule has 1 nitrogen and oxygen atoms in total. The van der Waals surface area contributed by atoms with Crippen molar-refractivity contribution in [2.24, 2.45) is 0 Å². The summed E-state index contributed by atoms with van der Waals surface area (Å²) >= 11 is 0. The number of aliphatic hydroxyl groups excluding tert-OH is 1. The van der Waals surface area contributed by atoms with Crippen LogP contribution in [0.2, 0.25) is 0 Å². The number of rotatable bonds is 0. The minimum Gasteiger partial charge on any atom is -0.400 e. The Morgan fingerprint density at radius 2 is 2.00 bits per heavy atom. The van der Waals surface area contributed by atoms with Gasteiger partial charge in [0.2, 0.25) is 0 Å². The molecule has 1 aliphatic rings. The van der Waals surface area contributed by atoms with Crippen LogP contribution in [0.4, 0.5) is 0 Å². The second-order valence-corrected chi connectivity index (χ2v) is 1.00. The van der Waals surface area contributed by atoms with Crippen molar-refractivity contribution in [3.8, 4) is 0 Å². The summed E-state index contributed by atoms with van der Waals surface area (Å²) in [6.07, 6.45) is 10.0. The van der Waals surface area contributed by atoms with Gasteiger partial charge in [0.05, 0.1) is 0 Å². The maximum absolute atomic E-state index is 7.00. The van der Waals surface area contributed by atoms with Crippen LogP contribution in [0, 0.1) is 6.08 Å². The van der Waals surface area contributed by atoms with Gasteiger partial charge in [-0.2, -0.15) is 6.08 Å². The third-order valence-electron chi connectivity index (χ3n) is 0.586. The zero-order valence-corrected chi connectivity index (χ0v) is 7.67. The molecule has 0 aromatic heterocycles. The van der Waals surface area contributed by atoms with Gasteiger partial charge in [-0.1, -0.05) is 0 Å². The molecule has 3 heteroatoms. The fraction of sp³-hybridized carbons (Fsp3) is 0.333. The van der Waals surface area contributed by atoms with Gasteiger partial charge in [0, 0.05) is 28.8 Å². The number of allylic oxidation sites excluding steroid dienone is 4. The molecule has 0 saturated heterocycles. The predicted molar refractivity (Wildman–Crippen MR) is 37.0 cm³/mol. The molecular formula is C6H10ClOTi-. The van der Waals surface area contributed by atoms with Gasteiger partial charge in [0.25, 0.3) is 0 Å². The Labute approximate surface area is 77.1 Å². The van der Waals surface area contributed by atoms with E-state index in [0.717, 1.165) is 13.5 Å². The molecule has 0 bridgehead atoms. The van der Waals surface area contributed by atoms with Crippen molar-refractivity contribution in [1.82, 2.24) is 0 Å². The Kier molecular flexibility index (Phi) is 28.4. The minimum atomic E-state index is 0. The van der Waals surface area contributed by atoms with Gasteiger partial charge in [-0.3, -0.25) is 6.08 Å². The predicted octanol–water partition coefficient (Wildman–Crippen LogP) is 1.33. The molecule has 0 saturated carbocycles. The second kappa shape index (κ2) is 15.8. The summed E-state index contributed by atoms with van der Waals surface area (Å²) in [5, 5.41) is 7.00. The van der Waals surface area contributed by atoms with Crippen molar-refractivity contribution in [2.45, 2.75) is 6.42 Å². The van der Waals surface area contributed by atoms with Gasteiger partial charge in [-0.25, -0.2) is 12.2 Å². The van der Waals surface area contributed by atoms with E-state index in [0.29, 0.717) is 0 Å². The standard InChI is InChI=1S/C5H5.CH4O.ClH.Ti/c1-2-4-5-3-1;1-2;;/h1-3H,4H2;2H,1H3;1H;/q-1;;;. The molecule has 0 spiro atoms. The Hall–Kier alpha value is 0.444. The van der Waals surface area contributed by atoms with Crippen LogP contribution in [0.5, 0.6) is 0 Å². The smallest absolute Gasteiger partial charge is 0.0319 e. The van der Waals surface area contributed by atoms with E-state index < -0.39 is 0 Å². The maximum Gasteiger partial charge on any atom is 0.0319 e. The Balaban J connectivity index is -0.0000000836. The molecule has 0 aliphatic heterocycles. The van der Waals surface area contributed by atoms with E-state index in [4.69, 9.17) is 5.11 Å². The topological polar surface area (TPSA) is 20.2 Å². The number of hydrogen-bond acceptors (Lipinski definition) is 1. The monoisotopic (exact) mass is 181 g/mol. The second-order valence-electron chi connectivity index (χ2n) is 1.00. The van der Waals surface area contributed by atoms with Gasteiger partial charge in [0.1, 0.15) is 0 Å². The van der Waals surface area contributed by atoms with Crippen molar-refractivity contribution in [1.29, 1.82) is 0 Å². The van der Waals surface area contributed by atoms with Crippen molar-refractivity contribution in [3.63, 3.8) is 0 Å². The summed E-state index contributed by atoms with van der Waals surface area (Å²) in [4.78, 5) is 0. The van der Waals surface area contributed by atoms with Gasteiger partial charge >= 0.3 is 0 Å². The number of aliphatic hydroxyl groups is 1. The third-order valence-corrected chi connectivity index (χ3v) is 0.586. The van der Waals surface area contributed by atoms with E-state index in [-0.39, 0.29) is 34.1 Å². The fourth-order valence-corrected chi connectivity index (χ4v) is 0.340. The van der Waals surface area contributed by atoms with Gasteiger partial charge in [-0.05, 0) is 0 Å². The van der Waals surface area contributed by atoms with Crippen LogP contribution in [0.25, 0.3) is 0 Å². The van der Waals surface area contributed by atoms with E-state index in [1.807, 2.05) is 12.2 Å². The summed E-state index contributed by atoms with van der Waals surface area (Å²) in [5.41, 5.74) is 0. The first kappa shape index (κ1) is 16.2. The molecular weight excluding hydrogens is 171 g/mol. The molecule has 0 aromatic carbocycles. The number of hydrogen-bond donors (Lipinski definition) is 1. The summed E-state index contributed by atoms with van der Waals surface area (Å²) in [6, 6.07) is 0. The van der Waals surface area contributed by atoms with E-state index in [2.05, 4.69) is 12.2 Å². The quantitative estimate of drug-likeness (QED) is 0.442. The van der Waals surface area contributed by atoms with Crippen LogP contribution < -0.4 is 0 Å². The first-order valence-electron chi connectivity index (χ1n) is 2.16. The summed E-state index contributed by atoms with van der Waals surface area (Å²) in [5.74, 6) is 0. The SMILES string of the molecule is CO.Cl.[C-]1=CC=CC1.[Ti]. The van der Waals surface area contributed by atoms with Crippen LogP contribution in [0.1, 0.15) is 6.42 Å². The average Bonchev–Trinajstić information content (AvgIpc) is 2.23. The molecule has 1 N–H and O–H groups in total. The first-order valence-corrected chi connectivity index (χ1v) is 2.16. The molecule has 0 amide bonds. The van der Waals surface area contributed by atoms with Crippen LogP contribution in [0.15, 0.2) is 18.2 Å². The van der Waals surface area contributed by atoms with Crippen molar-refractivity contribution in [2.75, 3.05) is 7.11 Å². The molecule has 0 unspecified atom stereocenters. The zero-order chi connectivity index (χ0) is 5.54. The molecule has 0 heterocycles. The Morgan fingerprint density at radius 1 is 1.44 bits per heavy atom. The largest absolute Gasteiger partial charge is 0.400 e. The molecule has 0 radical (unpaired) electrons. The fourth-order valence-electron chi connectivity index (χ4n) is 0.340. The summed E-state index contributed by atoms with van der Waals surface area (Å²) < 4.78 is 0. The van der Waals surface area contributed by atoms with Crippen molar-refractivity contribution >= 4 is 12.4 Å². The molecule has 9 heavy (non-hydrogen) atoms. The van der Waals surface area contributed by atoms with Gasteiger partial charge in [0.15, 0.2) is 0 Å². The Bertz CT molecular complexity index is 71.1. The third kappa shape index (κ3) is 11.8. The molecule has 0 atom stereocenters. The molecule has 0 aromatic rings. The summed E-state index contributed by atoms with van der Waals surface area (Å²) in [7, 11) is 1.00. The molecule has 1 aliphatic carbocycles. The van der Waals surface area contributed by atoms with E-state index in [1.165, 1.54) is 0 Å². The van der Waals surface area contributed by atoms with Crippen LogP contribution in [-0.2, 0) is 21.7 Å². The van der Waals surface area contributed by atoms with Crippen molar-refractivity contribution < 1.29 is 26.8 Å². The minimum absolute atomic E-state index is 0. The zero-order valence-electron chi connectivity index (χ0n) is 5.29. The molecule has 52 valence electrons. The van der Waals surface area contributed by atoms with Gasteiger partial charge in [-0.15, -0.1) is 18.8 Å². The Morgan fingerprint density at radius 3 is 2.11 bits per heavy atom. The average molecular weight is 181 g/mol. The normalized spacial score (nSPS) is 10.4. The van der Waals surface area contributed by atoms with Gasteiger partial charge < -0.3 is 5.11 Å². The van der Waals surface area contributed by atoms with E-state index >= 15 is 0 Å². The van der Waals surface area contributed by atoms with E-state index in [1.54, 1.807) is 0 Å². The van der Waals surface area contributed by atoms with Crippen molar-refractivity contribution in [3.05, 3.63) is 24.3 Å².